The molecule has 0 saturated carbocycles. The first kappa shape index (κ1) is 13.9. The lowest BCUT2D eigenvalue weighted by atomic mass is 10.1. The molecule has 0 bridgehead atoms. The fourth-order valence-electron chi connectivity index (χ4n) is 2.34. The molecule has 1 fully saturated rings. The summed E-state index contributed by atoms with van der Waals surface area (Å²) in [6, 6.07) is 0.677. The summed E-state index contributed by atoms with van der Waals surface area (Å²) in [5, 5.41) is 3.54. The van der Waals surface area contributed by atoms with Crippen LogP contribution >= 0.6 is 0 Å². The van der Waals surface area contributed by atoms with Crippen LogP contribution in [-0.4, -0.2) is 49.8 Å². The van der Waals surface area contributed by atoms with Gasteiger partial charge in [0.2, 0.25) is 0 Å². The molecule has 2 atom stereocenters. The lowest BCUT2D eigenvalue weighted by molar-refractivity contribution is 0.0601. The van der Waals surface area contributed by atoms with Crippen molar-refractivity contribution >= 4 is 0 Å². The molecule has 1 rings (SSSR count). The van der Waals surface area contributed by atoms with Crippen LogP contribution in [0.5, 0.6) is 0 Å². The Bertz CT molecular complexity index is 175. The van der Waals surface area contributed by atoms with E-state index in [1.165, 1.54) is 25.8 Å². The maximum absolute atomic E-state index is 5.69. The molecule has 1 saturated heterocycles. The Morgan fingerprint density at radius 3 is 2.94 bits per heavy atom. The number of nitrogens with one attached hydrogen (secondary N) is 1. The maximum Gasteiger partial charge on any atom is 0.0674 e. The van der Waals surface area contributed by atoms with Crippen molar-refractivity contribution in [3.8, 4) is 0 Å². The third-order valence-corrected chi connectivity index (χ3v) is 3.28. The van der Waals surface area contributed by atoms with Crippen LogP contribution < -0.4 is 5.32 Å². The van der Waals surface area contributed by atoms with Gasteiger partial charge < -0.3 is 10.1 Å². The second-order valence-electron chi connectivity index (χ2n) is 4.80. The van der Waals surface area contributed by atoms with E-state index in [0.29, 0.717) is 12.1 Å². The van der Waals surface area contributed by atoms with Gasteiger partial charge in [-0.25, -0.2) is 0 Å². The monoisotopic (exact) mass is 228 g/mol. The molecule has 3 nitrogen and oxygen atoms in total. The van der Waals surface area contributed by atoms with Gasteiger partial charge in [0, 0.05) is 32.3 Å². The average Bonchev–Trinajstić information content (AvgIpc) is 2.49. The van der Waals surface area contributed by atoms with E-state index in [9.17, 15) is 0 Å². The molecule has 0 spiro atoms. The van der Waals surface area contributed by atoms with Crippen LogP contribution in [0.2, 0.25) is 0 Å². The molecular weight excluding hydrogens is 200 g/mol. The van der Waals surface area contributed by atoms with Crippen LogP contribution in [-0.2, 0) is 4.74 Å². The minimum absolute atomic E-state index is 0.391. The lowest BCUT2D eigenvalue weighted by Crippen LogP contribution is -2.44. The molecule has 0 aliphatic carbocycles. The van der Waals surface area contributed by atoms with Gasteiger partial charge in [-0.1, -0.05) is 13.8 Å². The lowest BCUT2D eigenvalue weighted by Gasteiger charge is -2.31. The van der Waals surface area contributed by atoms with Gasteiger partial charge in [0.1, 0.15) is 0 Å². The normalized spacial score (nSPS) is 25.3. The molecule has 96 valence electrons. The van der Waals surface area contributed by atoms with Crippen molar-refractivity contribution in [2.75, 3.05) is 32.8 Å². The predicted molar refractivity (Wildman–Crippen MR) is 68.8 cm³/mol. The Kier molecular flexibility index (Phi) is 7.01. The molecule has 1 aliphatic heterocycles. The minimum Gasteiger partial charge on any atom is -0.377 e. The highest BCUT2D eigenvalue weighted by molar-refractivity contribution is 4.76. The fraction of sp³-hybridized carbons (Fsp3) is 1.00. The first-order valence-corrected chi connectivity index (χ1v) is 6.84. The Morgan fingerprint density at radius 2 is 2.25 bits per heavy atom. The number of ether oxygens (including phenoxy) is 1. The summed E-state index contributed by atoms with van der Waals surface area (Å²) >= 11 is 0. The van der Waals surface area contributed by atoms with Gasteiger partial charge in [-0.2, -0.15) is 0 Å². The van der Waals surface area contributed by atoms with Gasteiger partial charge in [-0.05, 0) is 32.7 Å². The van der Waals surface area contributed by atoms with Crippen molar-refractivity contribution < 1.29 is 4.74 Å². The van der Waals surface area contributed by atoms with Crippen molar-refractivity contribution in [2.45, 2.75) is 52.2 Å². The Balaban J connectivity index is 2.36. The van der Waals surface area contributed by atoms with Gasteiger partial charge >= 0.3 is 0 Å². The fourth-order valence-corrected chi connectivity index (χ4v) is 2.34. The van der Waals surface area contributed by atoms with Crippen LogP contribution in [0.25, 0.3) is 0 Å². The largest absolute Gasteiger partial charge is 0.377 e. The van der Waals surface area contributed by atoms with Crippen molar-refractivity contribution in [2.24, 2.45) is 0 Å². The third-order valence-electron chi connectivity index (χ3n) is 3.28. The Morgan fingerprint density at radius 1 is 1.44 bits per heavy atom. The van der Waals surface area contributed by atoms with Crippen molar-refractivity contribution in [3.63, 3.8) is 0 Å². The molecule has 16 heavy (non-hydrogen) atoms. The second-order valence-corrected chi connectivity index (χ2v) is 4.80. The smallest absolute Gasteiger partial charge is 0.0674 e. The third kappa shape index (κ3) is 4.81. The second kappa shape index (κ2) is 8.04. The summed E-state index contributed by atoms with van der Waals surface area (Å²) in [4.78, 5) is 2.60. The Hall–Kier alpha value is -0.120. The number of hydrogen-bond acceptors (Lipinski definition) is 3. The molecular formula is C13H28N2O. The molecule has 3 heteroatoms. The zero-order valence-electron chi connectivity index (χ0n) is 11.2. The van der Waals surface area contributed by atoms with Gasteiger partial charge in [0.15, 0.2) is 0 Å². The van der Waals surface area contributed by atoms with Crippen molar-refractivity contribution in [1.29, 1.82) is 0 Å². The van der Waals surface area contributed by atoms with Gasteiger partial charge in [0.05, 0.1) is 6.10 Å². The molecule has 2 unspecified atom stereocenters. The van der Waals surface area contributed by atoms with E-state index >= 15 is 0 Å². The highest BCUT2D eigenvalue weighted by Gasteiger charge is 2.21. The predicted octanol–water partition coefficient (Wildman–Crippen LogP) is 1.88. The van der Waals surface area contributed by atoms with E-state index < -0.39 is 0 Å². The van der Waals surface area contributed by atoms with Gasteiger partial charge in [-0.3, -0.25) is 4.90 Å². The SMILES string of the molecule is CCCNCC(CC)N1CCCOC(C)C1. The van der Waals surface area contributed by atoms with Crippen molar-refractivity contribution in [1.82, 2.24) is 10.2 Å². The van der Waals surface area contributed by atoms with Crippen molar-refractivity contribution in [3.05, 3.63) is 0 Å². The standard InChI is InChI=1S/C13H28N2O/c1-4-7-14-10-13(5-2)15-8-6-9-16-12(3)11-15/h12-14H,4-11H2,1-3H3. The molecule has 0 aromatic heterocycles. The quantitative estimate of drug-likeness (QED) is 0.703. The molecule has 1 N–H and O–H groups in total. The Labute approximate surface area is 101 Å². The molecule has 1 heterocycles. The van der Waals surface area contributed by atoms with Crippen LogP contribution in [0.3, 0.4) is 0 Å². The van der Waals surface area contributed by atoms with Crippen LogP contribution in [0.15, 0.2) is 0 Å². The van der Waals surface area contributed by atoms with E-state index in [1.807, 2.05) is 0 Å². The topological polar surface area (TPSA) is 24.5 Å². The summed E-state index contributed by atoms with van der Waals surface area (Å²) in [5.41, 5.74) is 0. The first-order valence-electron chi connectivity index (χ1n) is 6.84. The number of rotatable bonds is 6. The molecule has 0 aromatic rings. The maximum atomic E-state index is 5.69. The van der Waals surface area contributed by atoms with E-state index in [2.05, 4.69) is 31.0 Å². The summed E-state index contributed by atoms with van der Waals surface area (Å²) < 4.78 is 5.69. The number of nitrogens with zero attached hydrogens (tertiary/aromatic N) is 1. The van der Waals surface area contributed by atoms with Gasteiger partial charge in [0.25, 0.3) is 0 Å². The summed E-state index contributed by atoms with van der Waals surface area (Å²) in [5.74, 6) is 0. The molecule has 1 aliphatic rings. The molecule has 0 radical (unpaired) electrons. The van der Waals surface area contributed by atoms with Crippen LogP contribution in [0, 0.1) is 0 Å². The summed E-state index contributed by atoms with van der Waals surface area (Å²) in [6.45, 7) is 12.2. The van der Waals surface area contributed by atoms with E-state index in [-0.39, 0.29) is 0 Å². The number of hydrogen-bond donors (Lipinski definition) is 1. The first-order chi connectivity index (χ1) is 7.77. The van der Waals surface area contributed by atoms with Gasteiger partial charge in [-0.15, -0.1) is 0 Å². The summed E-state index contributed by atoms with van der Waals surface area (Å²) in [7, 11) is 0. The van der Waals surface area contributed by atoms with Crippen LogP contribution in [0.1, 0.15) is 40.0 Å². The average molecular weight is 228 g/mol. The van der Waals surface area contributed by atoms with E-state index in [0.717, 1.165) is 26.2 Å². The summed E-state index contributed by atoms with van der Waals surface area (Å²) in [6.07, 6.45) is 4.01. The zero-order valence-corrected chi connectivity index (χ0v) is 11.2. The molecule has 0 aromatic carbocycles. The highest BCUT2D eigenvalue weighted by atomic mass is 16.5. The van der Waals surface area contributed by atoms with E-state index in [1.54, 1.807) is 0 Å². The zero-order chi connectivity index (χ0) is 11.8. The minimum atomic E-state index is 0.391. The van der Waals surface area contributed by atoms with E-state index in [4.69, 9.17) is 4.74 Å². The molecule has 0 amide bonds. The van der Waals surface area contributed by atoms with Crippen LogP contribution in [0.4, 0.5) is 0 Å². The highest BCUT2D eigenvalue weighted by Crippen LogP contribution is 2.11.